The number of hydrogen-bond donors (Lipinski definition) is 2. The number of fused-ring (bicyclic) bond motifs is 1. The summed E-state index contributed by atoms with van der Waals surface area (Å²) in [7, 11) is 0. The van der Waals surface area contributed by atoms with E-state index in [2.05, 4.69) is 43.1 Å². The molecule has 0 bridgehead atoms. The maximum absolute atomic E-state index is 10.4. The van der Waals surface area contributed by atoms with Crippen molar-refractivity contribution in [2.75, 3.05) is 0 Å². The van der Waals surface area contributed by atoms with Gasteiger partial charge in [0.05, 0.1) is 12.2 Å². The minimum Gasteiger partial charge on any atom is -0.392 e. The van der Waals surface area contributed by atoms with Gasteiger partial charge in [0.15, 0.2) is 0 Å². The Morgan fingerprint density at radius 3 is 1.91 bits per heavy atom. The van der Waals surface area contributed by atoms with Gasteiger partial charge in [-0.2, -0.15) is 0 Å². The molecule has 1 radical (unpaired) electrons. The average Bonchev–Trinajstić information content (AvgIpc) is 2.90. The predicted octanol–water partition coefficient (Wildman–Crippen LogP) is 6.79. The Labute approximate surface area is 224 Å². The number of aliphatic hydroxyl groups excluding tert-OH is 2. The molecule has 4 heteroatoms. The molecular weight excluding hydrogens is 611 g/mol. The van der Waals surface area contributed by atoms with Crippen molar-refractivity contribution in [3.8, 4) is 22.4 Å². The number of aromatic nitrogens is 1. The van der Waals surface area contributed by atoms with Crippen molar-refractivity contribution < 1.29 is 30.3 Å². The number of nitrogens with zero attached hydrogens (tertiary/aromatic N) is 1. The summed E-state index contributed by atoms with van der Waals surface area (Å²) >= 11 is 0. The Morgan fingerprint density at radius 2 is 1.40 bits per heavy atom. The summed E-state index contributed by atoms with van der Waals surface area (Å²) in [6.07, 6.45) is 8.24. The van der Waals surface area contributed by atoms with Gasteiger partial charge in [-0.25, -0.2) is 0 Å². The Hall–Kier alpha value is -1.84. The van der Waals surface area contributed by atoms with Crippen molar-refractivity contribution in [1.29, 1.82) is 0 Å². The molecule has 1 heterocycles. The van der Waals surface area contributed by atoms with Crippen LogP contribution < -0.4 is 0 Å². The van der Waals surface area contributed by atoms with E-state index in [1.807, 2.05) is 54.7 Å². The van der Waals surface area contributed by atoms with Crippen LogP contribution in [0.2, 0.25) is 0 Å². The third-order valence-electron chi connectivity index (χ3n) is 8.02. The standard InChI is InChI=1S/C17H12N.C14H26O2.Ir/c1-3-7-14(8-4-1)16-11-12-17(18-13-16)15-9-5-2-6-10-15;1-3-9-5-7-11-8-6-10(4-2)14(16)12(11)13(9)15;/h1-9,11-13H;9-16H,3-8H2,1-2H3;/q-1;;/t;9-,10-,11?,12?,13?,14?;/m.0./s1. The summed E-state index contributed by atoms with van der Waals surface area (Å²) in [4.78, 5) is 4.49. The first-order valence-corrected chi connectivity index (χ1v) is 13.0. The normalized spacial score (nSPS) is 27.5. The minimum atomic E-state index is -0.256. The van der Waals surface area contributed by atoms with E-state index in [0.29, 0.717) is 17.8 Å². The Bertz CT molecular complexity index is 915. The summed E-state index contributed by atoms with van der Waals surface area (Å²) in [5.74, 6) is 1.59. The number of rotatable bonds is 4. The summed E-state index contributed by atoms with van der Waals surface area (Å²) < 4.78 is 0. The van der Waals surface area contributed by atoms with E-state index < -0.39 is 0 Å². The zero-order valence-corrected chi connectivity index (χ0v) is 23.2. The Morgan fingerprint density at radius 1 is 0.771 bits per heavy atom. The zero-order valence-electron chi connectivity index (χ0n) is 20.8. The largest absolute Gasteiger partial charge is 0.392 e. The smallest absolute Gasteiger partial charge is 0.0623 e. The van der Waals surface area contributed by atoms with Crippen molar-refractivity contribution >= 4 is 0 Å². The third kappa shape index (κ3) is 6.68. The molecule has 2 unspecified atom stereocenters. The Kier molecular flexibility index (Phi) is 10.7. The van der Waals surface area contributed by atoms with Crippen LogP contribution in [-0.2, 0) is 20.1 Å². The van der Waals surface area contributed by atoms with Gasteiger partial charge in [0.2, 0.25) is 0 Å². The van der Waals surface area contributed by atoms with Crippen LogP contribution in [0, 0.1) is 29.7 Å². The molecule has 2 N–H and O–H groups in total. The van der Waals surface area contributed by atoms with Crippen molar-refractivity contribution in [2.45, 2.75) is 64.6 Å². The van der Waals surface area contributed by atoms with Gasteiger partial charge in [0, 0.05) is 32.2 Å². The SMILES string of the molecule is CC[C@H]1CCC2CC[C@H](CC)C(O)C2C1O.[Ir].[c-]1ccccc1-c1ccc(-c2ccccc2)cn1. The second-order valence-electron chi connectivity index (χ2n) is 9.88. The van der Waals surface area contributed by atoms with Gasteiger partial charge < -0.3 is 15.2 Å². The molecule has 2 aromatic carbocycles. The molecule has 3 aromatic rings. The molecule has 0 saturated heterocycles. The van der Waals surface area contributed by atoms with E-state index in [1.54, 1.807) is 0 Å². The van der Waals surface area contributed by atoms with Gasteiger partial charge >= 0.3 is 0 Å². The second-order valence-corrected chi connectivity index (χ2v) is 9.88. The van der Waals surface area contributed by atoms with Crippen LogP contribution in [0.4, 0.5) is 0 Å². The summed E-state index contributed by atoms with van der Waals surface area (Å²) in [5.41, 5.74) is 4.30. The van der Waals surface area contributed by atoms with Crippen molar-refractivity contribution in [3.05, 3.63) is 79.0 Å². The fourth-order valence-corrected chi connectivity index (χ4v) is 5.91. The number of benzene rings is 2. The van der Waals surface area contributed by atoms with Crippen molar-refractivity contribution in [1.82, 2.24) is 4.98 Å². The summed E-state index contributed by atoms with van der Waals surface area (Å²) in [6.45, 7) is 4.31. The maximum Gasteiger partial charge on any atom is 0.0623 e. The molecule has 2 aliphatic rings. The molecule has 2 saturated carbocycles. The molecule has 35 heavy (non-hydrogen) atoms. The van der Waals surface area contributed by atoms with Crippen LogP contribution in [0.3, 0.4) is 0 Å². The molecule has 189 valence electrons. The van der Waals surface area contributed by atoms with Crippen LogP contribution in [0.15, 0.2) is 72.9 Å². The number of hydrogen-bond acceptors (Lipinski definition) is 3. The first-order valence-electron chi connectivity index (χ1n) is 13.0. The monoisotopic (exact) mass is 649 g/mol. The van der Waals surface area contributed by atoms with Gasteiger partial charge in [0.25, 0.3) is 0 Å². The molecule has 2 fully saturated rings. The van der Waals surface area contributed by atoms with Crippen LogP contribution in [0.5, 0.6) is 0 Å². The van der Waals surface area contributed by atoms with Gasteiger partial charge in [-0.05, 0) is 60.3 Å². The first-order chi connectivity index (χ1) is 16.6. The van der Waals surface area contributed by atoms with Gasteiger partial charge in [-0.3, -0.25) is 0 Å². The quantitative estimate of drug-likeness (QED) is 0.307. The van der Waals surface area contributed by atoms with Crippen molar-refractivity contribution in [2.24, 2.45) is 23.7 Å². The van der Waals surface area contributed by atoms with Gasteiger partial charge in [0.1, 0.15) is 0 Å². The van der Waals surface area contributed by atoms with Crippen LogP contribution in [-0.4, -0.2) is 27.4 Å². The maximum atomic E-state index is 10.4. The van der Waals surface area contributed by atoms with Crippen LogP contribution in [0.25, 0.3) is 22.4 Å². The van der Waals surface area contributed by atoms with Crippen LogP contribution >= 0.6 is 0 Å². The molecule has 4 atom stereocenters. The molecule has 3 nitrogen and oxygen atoms in total. The summed E-state index contributed by atoms with van der Waals surface area (Å²) in [6, 6.07) is 25.5. The molecular formula is C31H38IrNO2-. The average molecular weight is 649 g/mol. The molecule has 2 aliphatic carbocycles. The molecule has 0 spiro atoms. The predicted molar refractivity (Wildman–Crippen MR) is 139 cm³/mol. The molecule has 0 amide bonds. The molecule has 0 aliphatic heterocycles. The molecule has 5 rings (SSSR count). The van der Waals surface area contributed by atoms with E-state index in [-0.39, 0.29) is 38.2 Å². The van der Waals surface area contributed by atoms with E-state index in [0.717, 1.165) is 42.5 Å². The Balaban J connectivity index is 0.000000192. The van der Waals surface area contributed by atoms with Gasteiger partial charge in [-0.1, -0.05) is 69.2 Å². The fraction of sp³-hybridized carbons (Fsp3) is 0.452. The summed E-state index contributed by atoms with van der Waals surface area (Å²) in [5, 5.41) is 20.8. The minimum absolute atomic E-state index is 0. The molecule has 1 aromatic heterocycles. The van der Waals surface area contributed by atoms with Crippen molar-refractivity contribution in [3.63, 3.8) is 0 Å². The third-order valence-corrected chi connectivity index (χ3v) is 8.02. The fourth-order valence-electron chi connectivity index (χ4n) is 5.91. The first kappa shape index (κ1) is 27.7. The van der Waals surface area contributed by atoms with E-state index >= 15 is 0 Å². The number of pyridine rings is 1. The topological polar surface area (TPSA) is 53.4 Å². The zero-order chi connectivity index (χ0) is 23.9. The van der Waals surface area contributed by atoms with E-state index in [1.165, 1.54) is 18.4 Å². The van der Waals surface area contributed by atoms with E-state index in [9.17, 15) is 10.2 Å². The van der Waals surface area contributed by atoms with Crippen LogP contribution in [0.1, 0.15) is 52.4 Å². The number of aliphatic hydroxyl groups is 2. The van der Waals surface area contributed by atoms with Gasteiger partial charge in [-0.15, -0.1) is 35.9 Å². The van der Waals surface area contributed by atoms with E-state index in [4.69, 9.17) is 0 Å². The second kappa shape index (κ2) is 13.5.